The van der Waals surface area contributed by atoms with Crippen LogP contribution in [0.25, 0.3) is 11.3 Å². The number of furan rings is 1. The Morgan fingerprint density at radius 3 is 2.48 bits per heavy atom. The van der Waals surface area contributed by atoms with Crippen molar-refractivity contribution in [3.63, 3.8) is 0 Å². The van der Waals surface area contributed by atoms with Crippen LogP contribution in [-0.2, 0) is 0 Å². The summed E-state index contributed by atoms with van der Waals surface area (Å²) in [6.45, 7) is 3.83. The van der Waals surface area contributed by atoms with E-state index in [0.29, 0.717) is 16.4 Å². The average Bonchev–Trinajstić information content (AvgIpc) is 3.40. The Bertz CT molecular complexity index is 1250. The summed E-state index contributed by atoms with van der Waals surface area (Å²) in [6, 6.07) is 16.2. The van der Waals surface area contributed by atoms with Gasteiger partial charge >= 0.3 is 0 Å². The second-order valence-electron chi connectivity index (χ2n) is 6.85. The van der Waals surface area contributed by atoms with Crippen LogP contribution in [0.2, 0.25) is 0 Å². The number of anilines is 2. The predicted molar refractivity (Wildman–Crippen MR) is 126 cm³/mol. The number of amides is 2. The lowest BCUT2D eigenvalue weighted by Gasteiger charge is -2.09. The highest BCUT2D eigenvalue weighted by Gasteiger charge is 2.16. The van der Waals surface area contributed by atoms with Crippen LogP contribution in [-0.4, -0.2) is 16.8 Å². The van der Waals surface area contributed by atoms with Gasteiger partial charge in [-0.05, 0) is 55.8 Å². The number of carbonyl (C=O) groups is 2. The molecule has 2 heterocycles. The number of aromatic nitrogens is 1. The molecular weight excluding hydrogens is 478 g/mol. The largest absolute Gasteiger partial charge is 0.459 e. The molecule has 2 aromatic heterocycles. The lowest BCUT2D eigenvalue weighted by molar-refractivity contribution is 0.0993. The molecule has 8 heteroatoms. The van der Waals surface area contributed by atoms with Crippen molar-refractivity contribution < 1.29 is 14.0 Å². The van der Waals surface area contributed by atoms with Gasteiger partial charge in [0, 0.05) is 26.2 Å². The van der Waals surface area contributed by atoms with E-state index in [-0.39, 0.29) is 17.6 Å². The summed E-state index contributed by atoms with van der Waals surface area (Å²) in [5.74, 6) is -0.474. The number of thiazole rings is 1. The van der Waals surface area contributed by atoms with Crippen LogP contribution in [0.5, 0.6) is 0 Å². The Kier molecular flexibility index (Phi) is 6.01. The third-order valence-electron chi connectivity index (χ3n) is 4.63. The maximum atomic E-state index is 12.8. The molecule has 0 aliphatic carbocycles. The molecule has 31 heavy (non-hydrogen) atoms. The summed E-state index contributed by atoms with van der Waals surface area (Å²) in [5, 5.41) is 6.15. The molecule has 0 spiro atoms. The van der Waals surface area contributed by atoms with Crippen molar-refractivity contribution in [1.29, 1.82) is 0 Å². The summed E-state index contributed by atoms with van der Waals surface area (Å²) in [6.07, 6.45) is 1.43. The summed E-state index contributed by atoms with van der Waals surface area (Å²) < 4.78 is 6.11. The van der Waals surface area contributed by atoms with Crippen molar-refractivity contribution in [2.24, 2.45) is 0 Å². The molecule has 0 aliphatic rings. The molecule has 2 aromatic carbocycles. The highest BCUT2D eigenvalue weighted by molar-refractivity contribution is 9.10. The van der Waals surface area contributed by atoms with Gasteiger partial charge in [0.05, 0.1) is 12.0 Å². The number of halogens is 1. The molecule has 2 amide bonds. The molecule has 0 fully saturated rings. The van der Waals surface area contributed by atoms with Crippen LogP contribution in [0, 0.1) is 13.8 Å². The topological polar surface area (TPSA) is 84.2 Å². The zero-order chi connectivity index (χ0) is 22.0. The lowest BCUT2D eigenvalue weighted by atomic mass is 10.1. The first-order valence-electron chi connectivity index (χ1n) is 9.41. The molecule has 0 saturated carbocycles. The number of benzene rings is 2. The molecule has 156 valence electrons. The van der Waals surface area contributed by atoms with E-state index in [9.17, 15) is 9.59 Å². The number of aryl methyl sites for hydroxylation is 2. The van der Waals surface area contributed by atoms with Crippen molar-refractivity contribution in [1.82, 2.24) is 4.98 Å². The second-order valence-corrected chi connectivity index (χ2v) is 8.96. The third-order valence-corrected chi connectivity index (χ3v) is 6.04. The van der Waals surface area contributed by atoms with Gasteiger partial charge in [0.25, 0.3) is 11.8 Å². The molecular formula is C23H18BrN3O3S. The quantitative estimate of drug-likeness (QED) is 0.340. The van der Waals surface area contributed by atoms with Crippen molar-refractivity contribution in [2.75, 3.05) is 10.6 Å². The van der Waals surface area contributed by atoms with Crippen LogP contribution in [0.4, 0.5) is 10.8 Å². The second kappa shape index (κ2) is 8.87. The fourth-order valence-corrected chi connectivity index (χ4v) is 4.08. The predicted octanol–water partition coefficient (Wildman–Crippen LogP) is 6.29. The summed E-state index contributed by atoms with van der Waals surface area (Å²) in [7, 11) is 0. The van der Waals surface area contributed by atoms with E-state index >= 15 is 0 Å². The smallest absolute Gasteiger partial charge is 0.291 e. The summed E-state index contributed by atoms with van der Waals surface area (Å²) in [5.41, 5.74) is 3.61. The molecule has 0 saturated heterocycles. The van der Waals surface area contributed by atoms with Crippen molar-refractivity contribution in [2.45, 2.75) is 13.8 Å². The maximum Gasteiger partial charge on any atom is 0.291 e. The molecule has 0 unspecified atom stereocenters. The molecule has 0 aliphatic heterocycles. The first-order chi connectivity index (χ1) is 14.9. The average molecular weight is 496 g/mol. The van der Waals surface area contributed by atoms with Crippen LogP contribution >= 0.6 is 27.3 Å². The minimum atomic E-state index is -0.375. The fourth-order valence-electron chi connectivity index (χ4n) is 2.98. The maximum absolute atomic E-state index is 12.8. The molecule has 2 N–H and O–H groups in total. The Morgan fingerprint density at radius 1 is 1.00 bits per heavy atom. The zero-order valence-corrected chi connectivity index (χ0v) is 19.1. The Hall–Kier alpha value is -3.23. The van der Waals surface area contributed by atoms with Crippen molar-refractivity contribution in [3.8, 4) is 11.3 Å². The Morgan fingerprint density at radius 2 is 1.77 bits per heavy atom. The SMILES string of the molecule is Cc1ccc(C(=O)Nc2nc(-c3ccc(Br)cc3)c(C)s2)cc1NC(=O)c1ccco1. The van der Waals surface area contributed by atoms with Crippen molar-refractivity contribution >= 4 is 49.9 Å². The Labute approximate surface area is 191 Å². The van der Waals surface area contributed by atoms with Gasteiger partial charge in [0.2, 0.25) is 0 Å². The molecule has 0 bridgehead atoms. The standard InChI is InChI=1S/C23H18BrN3O3S/c1-13-5-6-16(12-18(13)25-22(29)19-4-3-11-30-19)21(28)27-23-26-20(14(2)31-23)15-7-9-17(24)10-8-15/h3-12H,1-2H3,(H,25,29)(H,26,27,28). The van der Waals surface area contributed by atoms with Gasteiger partial charge in [-0.3, -0.25) is 14.9 Å². The van der Waals surface area contributed by atoms with Crippen LogP contribution in [0.15, 0.2) is 69.8 Å². The Balaban J connectivity index is 1.52. The first-order valence-corrected chi connectivity index (χ1v) is 11.0. The van der Waals surface area contributed by atoms with Crippen LogP contribution in [0.3, 0.4) is 0 Å². The zero-order valence-electron chi connectivity index (χ0n) is 16.7. The van der Waals surface area contributed by atoms with Gasteiger partial charge in [-0.25, -0.2) is 4.98 Å². The van der Waals surface area contributed by atoms with E-state index in [1.54, 1.807) is 30.3 Å². The van der Waals surface area contributed by atoms with Gasteiger partial charge in [-0.2, -0.15) is 0 Å². The van der Waals surface area contributed by atoms with E-state index in [0.717, 1.165) is 26.2 Å². The number of nitrogens with zero attached hydrogens (tertiary/aromatic N) is 1. The number of hydrogen-bond donors (Lipinski definition) is 2. The van der Waals surface area contributed by atoms with Crippen molar-refractivity contribution in [3.05, 3.63) is 87.1 Å². The molecule has 0 radical (unpaired) electrons. The minimum absolute atomic E-state index is 0.202. The summed E-state index contributed by atoms with van der Waals surface area (Å²) in [4.78, 5) is 30.7. The van der Waals surface area contributed by atoms with E-state index in [1.165, 1.54) is 17.6 Å². The third kappa shape index (κ3) is 4.76. The van der Waals surface area contributed by atoms with Gasteiger partial charge in [0.1, 0.15) is 0 Å². The summed E-state index contributed by atoms with van der Waals surface area (Å²) >= 11 is 4.85. The molecule has 4 aromatic rings. The highest BCUT2D eigenvalue weighted by atomic mass is 79.9. The van der Waals surface area contributed by atoms with Gasteiger partial charge in [-0.15, -0.1) is 11.3 Å². The number of carbonyl (C=O) groups excluding carboxylic acids is 2. The minimum Gasteiger partial charge on any atom is -0.459 e. The van der Waals surface area contributed by atoms with E-state index in [4.69, 9.17) is 4.42 Å². The monoisotopic (exact) mass is 495 g/mol. The van der Waals surface area contributed by atoms with E-state index < -0.39 is 0 Å². The van der Waals surface area contributed by atoms with Gasteiger partial charge in [0.15, 0.2) is 10.9 Å². The van der Waals surface area contributed by atoms with Gasteiger partial charge < -0.3 is 9.73 Å². The van der Waals surface area contributed by atoms with Crippen LogP contribution < -0.4 is 10.6 Å². The first kappa shape index (κ1) is 21.0. The van der Waals surface area contributed by atoms with E-state index in [1.807, 2.05) is 38.1 Å². The highest BCUT2D eigenvalue weighted by Crippen LogP contribution is 2.31. The number of nitrogens with one attached hydrogen (secondary N) is 2. The van der Waals surface area contributed by atoms with Crippen LogP contribution in [0.1, 0.15) is 31.4 Å². The number of rotatable bonds is 5. The molecule has 4 rings (SSSR count). The van der Waals surface area contributed by atoms with Gasteiger partial charge in [-0.1, -0.05) is 34.1 Å². The fraction of sp³-hybridized carbons (Fsp3) is 0.0870. The number of hydrogen-bond acceptors (Lipinski definition) is 5. The molecule has 0 atom stereocenters. The normalized spacial score (nSPS) is 10.7. The van der Waals surface area contributed by atoms with E-state index in [2.05, 4.69) is 31.5 Å². The lowest BCUT2D eigenvalue weighted by Crippen LogP contribution is -2.15. The molecule has 6 nitrogen and oxygen atoms in total.